The smallest absolute Gasteiger partial charge is 0.147 e. The van der Waals surface area contributed by atoms with Crippen LogP contribution in [0.2, 0.25) is 0 Å². The first-order valence-corrected chi connectivity index (χ1v) is 7.47. The molecule has 4 heteroatoms. The first-order valence-electron chi connectivity index (χ1n) is 6.93. The molecule has 2 heterocycles. The Balaban J connectivity index is 1.68. The minimum atomic E-state index is 0.443. The molecule has 1 aliphatic carbocycles. The topological polar surface area (TPSA) is 29.0 Å². The van der Waals surface area contributed by atoms with Crippen molar-refractivity contribution in [2.75, 3.05) is 18.0 Å². The Morgan fingerprint density at radius 3 is 2.50 bits per heavy atom. The van der Waals surface area contributed by atoms with Crippen molar-refractivity contribution in [3.63, 3.8) is 0 Å². The van der Waals surface area contributed by atoms with Crippen LogP contribution in [0, 0.1) is 5.41 Å². The van der Waals surface area contributed by atoms with Gasteiger partial charge < -0.3 is 4.90 Å². The number of halogens is 1. The van der Waals surface area contributed by atoms with Crippen molar-refractivity contribution in [3.8, 4) is 0 Å². The highest BCUT2D eigenvalue weighted by molar-refractivity contribution is 6.16. The van der Waals surface area contributed by atoms with Crippen LogP contribution in [0.1, 0.15) is 44.2 Å². The highest BCUT2D eigenvalue weighted by Crippen LogP contribution is 2.46. The summed E-state index contributed by atoms with van der Waals surface area (Å²) in [6, 6.07) is 0. The summed E-state index contributed by atoms with van der Waals surface area (Å²) in [6.45, 7) is 2.25. The van der Waals surface area contributed by atoms with Gasteiger partial charge in [0.2, 0.25) is 0 Å². The lowest BCUT2D eigenvalue weighted by molar-refractivity contribution is 0.226. The summed E-state index contributed by atoms with van der Waals surface area (Å²) in [5, 5.41) is 0. The van der Waals surface area contributed by atoms with Crippen molar-refractivity contribution in [3.05, 3.63) is 18.1 Å². The predicted molar refractivity (Wildman–Crippen MR) is 73.9 cm³/mol. The van der Waals surface area contributed by atoms with Crippen LogP contribution >= 0.6 is 11.6 Å². The lowest BCUT2D eigenvalue weighted by atomic mass is 9.77. The molecule has 18 heavy (non-hydrogen) atoms. The molecule has 2 fully saturated rings. The Hall–Kier alpha value is -0.830. The van der Waals surface area contributed by atoms with Crippen LogP contribution in [-0.2, 0) is 5.88 Å². The van der Waals surface area contributed by atoms with Gasteiger partial charge in [-0.25, -0.2) is 4.98 Å². The third-order valence-corrected chi connectivity index (χ3v) is 4.89. The molecule has 0 atom stereocenters. The summed E-state index contributed by atoms with van der Waals surface area (Å²) in [5.41, 5.74) is 1.53. The molecule has 1 spiro atoms. The highest BCUT2D eigenvalue weighted by atomic mass is 35.5. The zero-order valence-electron chi connectivity index (χ0n) is 10.7. The Bertz CT molecular complexity index is 405. The predicted octanol–water partition coefficient (Wildman–Crippen LogP) is 3.38. The van der Waals surface area contributed by atoms with E-state index in [0.717, 1.165) is 24.6 Å². The fraction of sp³-hybridized carbons (Fsp3) is 0.714. The van der Waals surface area contributed by atoms with Crippen LogP contribution in [0.5, 0.6) is 0 Å². The number of piperidine rings is 1. The number of nitrogens with zero attached hydrogens (tertiary/aromatic N) is 3. The minimum absolute atomic E-state index is 0.443. The van der Waals surface area contributed by atoms with Crippen LogP contribution in [0.15, 0.2) is 12.4 Å². The van der Waals surface area contributed by atoms with Crippen LogP contribution in [0.25, 0.3) is 0 Å². The summed E-state index contributed by atoms with van der Waals surface area (Å²) in [6.07, 6.45) is 12.0. The van der Waals surface area contributed by atoms with Crippen molar-refractivity contribution < 1.29 is 0 Å². The first-order chi connectivity index (χ1) is 8.81. The van der Waals surface area contributed by atoms with Gasteiger partial charge in [0.15, 0.2) is 0 Å². The molecule has 98 valence electrons. The molecule has 0 radical (unpaired) electrons. The average molecular weight is 266 g/mol. The van der Waals surface area contributed by atoms with Gasteiger partial charge >= 0.3 is 0 Å². The third kappa shape index (κ3) is 2.33. The average Bonchev–Trinajstić information content (AvgIpc) is 2.88. The van der Waals surface area contributed by atoms with E-state index in [1.54, 1.807) is 6.20 Å². The van der Waals surface area contributed by atoms with E-state index in [4.69, 9.17) is 11.6 Å². The Morgan fingerprint density at radius 1 is 1.11 bits per heavy atom. The molecule has 0 N–H and O–H groups in total. The normalized spacial score (nSPS) is 22.6. The Morgan fingerprint density at radius 2 is 1.83 bits per heavy atom. The molecule has 2 aliphatic rings. The van der Waals surface area contributed by atoms with Gasteiger partial charge in [0.1, 0.15) is 5.82 Å². The quantitative estimate of drug-likeness (QED) is 0.768. The second-order valence-corrected chi connectivity index (χ2v) is 5.96. The number of hydrogen-bond donors (Lipinski definition) is 0. The molecule has 1 aliphatic heterocycles. The number of hydrogen-bond acceptors (Lipinski definition) is 3. The minimum Gasteiger partial charge on any atom is -0.355 e. The van der Waals surface area contributed by atoms with Gasteiger partial charge in [-0.3, -0.25) is 4.98 Å². The van der Waals surface area contributed by atoms with Crippen LogP contribution in [0.4, 0.5) is 5.82 Å². The van der Waals surface area contributed by atoms with Gasteiger partial charge in [-0.15, -0.1) is 11.6 Å². The molecule has 0 amide bonds. The number of alkyl halides is 1. The van der Waals surface area contributed by atoms with Gasteiger partial charge in [-0.2, -0.15) is 0 Å². The number of anilines is 1. The van der Waals surface area contributed by atoms with Crippen molar-refractivity contribution in [2.45, 2.75) is 44.4 Å². The van der Waals surface area contributed by atoms with E-state index in [0.29, 0.717) is 11.3 Å². The van der Waals surface area contributed by atoms with Crippen molar-refractivity contribution in [1.29, 1.82) is 0 Å². The van der Waals surface area contributed by atoms with E-state index in [-0.39, 0.29) is 0 Å². The van der Waals surface area contributed by atoms with E-state index in [9.17, 15) is 0 Å². The number of rotatable bonds is 2. The van der Waals surface area contributed by atoms with Gasteiger partial charge in [0.05, 0.1) is 17.8 Å². The molecule has 1 saturated heterocycles. The van der Waals surface area contributed by atoms with E-state index in [1.807, 2.05) is 6.20 Å². The fourth-order valence-electron chi connectivity index (χ4n) is 3.45. The van der Waals surface area contributed by atoms with E-state index < -0.39 is 0 Å². The lowest BCUT2D eigenvalue weighted by Gasteiger charge is -2.39. The van der Waals surface area contributed by atoms with Gasteiger partial charge in [-0.1, -0.05) is 12.8 Å². The summed E-state index contributed by atoms with van der Waals surface area (Å²) >= 11 is 5.82. The standard InChI is InChI=1S/C14H20ClN3/c15-9-12-10-16-11-13(17-12)18-7-5-14(6-8-18)3-1-2-4-14/h10-11H,1-9H2. The molecular weight excluding hydrogens is 246 g/mol. The fourth-order valence-corrected chi connectivity index (χ4v) is 3.58. The van der Waals surface area contributed by atoms with E-state index in [1.165, 1.54) is 38.5 Å². The van der Waals surface area contributed by atoms with Crippen LogP contribution in [0.3, 0.4) is 0 Å². The second kappa shape index (κ2) is 5.04. The van der Waals surface area contributed by atoms with Gasteiger partial charge in [0, 0.05) is 19.3 Å². The van der Waals surface area contributed by atoms with Gasteiger partial charge in [0.25, 0.3) is 0 Å². The molecule has 0 aromatic carbocycles. The highest BCUT2D eigenvalue weighted by Gasteiger charge is 2.37. The summed E-state index contributed by atoms with van der Waals surface area (Å²) in [4.78, 5) is 11.2. The lowest BCUT2D eigenvalue weighted by Crippen LogP contribution is -2.39. The van der Waals surface area contributed by atoms with E-state index >= 15 is 0 Å². The van der Waals surface area contributed by atoms with Crippen molar-refractivity contribution >= 4 is 17.4 Å². The van der Waals surface area contributed by atoms with E-state index in [2.05, 4.69) is 14.9 Å². The zero-order valence-corrected chi connectivity index (χ0v) is 11.5. The molecule has 3 rings (SSSR count). The zero-order chi connectivity index (χ0) is 12.4. The van der Waals surface area contributed by atoms with Crippen molar-refractivity contribution in [2.24, 2.45) is 5.41 Å². The molecule has 0 bridgehead atoms. The summed E-state index contributed by atoms with van der Waals surface area (Å²) < 4.78 is 0. The number of aromatic nitrogens is 2. The maximum absolute atomic E-state index is 5.82. The Kier molecular flexibility index (Phi) is 3.42. The Labute approximate surface area is 114 Å². The molecule has 1 aromatic heterocycles. The molecule has 3 nitrogen and oxygen atoms in total. The molecule has 1 saturated carbocycles. The molecule has 0 unspecified atom stereocenters. The second-order valence-electron chi connectivity index (χ2n) is 5.70. The maximum atomic E-state index is 5.82. The van der Waals surface area contributed by atoms with Crippen LogP contribution < -0.4 is 4.90 Å². The first kappa shape index (κ1) is 12.2. The molecule has 1 aromatic rings. The summed E-state index contributed by atoms with van der Waals surface area (Å²) in [5.74, 6) is 1.44. The molecular formula is C14H20ClN3. The third-order valence-electron chi connectivity index (χ3n) is 4.62. The maximum Gasteiger partial charge on any atom is 0.147 e. The SMILES string of the molecule is ClCc1cncc(N2CCC3(CCCC3)CC2)n1. The van der Waals surface area contributed by atoms with Crippen LogP contribution in [-0.4, -0.2) is 23.1 Å². The van der Waals surface area contributed by atoms with Crippen molar-refractivity contribution in [1.82, 2.24) is 9.97 Å². The van der Waals surface area contributed by atoms with Gasteiger partial charge in [-0.05, 0) is 31.1 Å². The largest absolute Gasteiger partial charge is 0.355 e. The monoisotopic (exact) mass is 265 g/mol. The summed E-state index contributed by atoms with van der Waals surface area (Å²) in [7, 11) is 0.